The van der Waals surface area contributed by atoms with Crippen molar-refractivity contribution in [3.05, 3.63) is 341 Å². The zero-order chi connectivity index (χ0) is 53.8. The molecule has 7 heteroatoms. The second-order valence-corrected chi connectivity index (χ2v) is 19.8. The normalized spacial score (nSPS) is 15.5. The van der Waals surface area contributed by atoms with Crippen molar-refractivity contribution in [1.82, 2.24) is 0 Å². The maximum absolute atomic E-state index is 17.1. The largest absolute Gasteiger partial charge is 0.457 e. The fourth-order valence-electron chi connectivity index (χ4n) is 12.1. The summed E-state index contributed by atoms with van der Waals surface area (Å²) in [6, 6.07) is 76.6. The van der Waals surface area contributed by atoms with E-state index in [0.717, 1.165) is 96.0 Å². The first-order valence-corrected chi connectivity index (χ1v) is 25.9. The van der Waals surface area contributed by atoms with Gasteiger partial charge in [0.1, 0.15) is 46.3 Å². The Morgan fingerprint density at radius 3 is 1.08 bits per heavy atom. The van der Waals surface area contributed by atoms with Crippen LogP contribution in [0.4, 0.5) is 34.6 Å². The molecule has 0 heterocycles. The molecular formula is C72H47F4NO2. The fraction of sp³-hybridized carbons (Fsp3) is 0.0278. The van der Waals surface area contributed by atoms with Crippen molar-refractivity contribution in [2.45, 2.75) is 10.8 Å². The summed E-state index contributed by atoms with van der Waals surface area (Å²) >= 11 is 0. The first-order chi connectivity index (χ1) is 38.7. The van der Waals surface area contributed by atoms with Gasteiger partial charge < -0.3 is 14.4 Å². The van der Waals surface area contributed by atoms with Crippen LogP contribution in [0.1, 0.15) is 55.6 Å². The molecule has 11 aromatic rings. The minimum Gasteiger partial charge on any atom is -0.457 e. The predicted molar refractivity (Wildman–Crippen MR) is 309 cm³/mol. The van der Waals surface area contributed by atoms with E-state index < -0.39 is 34.1 Å². The van der Waals surface area contributed by atoms with Gasteiger partial charge in [-0.05, 0) is 164 Å². The molecule has 0 N–H and O–H groups in total. The molecule has 3 nitrogen and oxygen atoms in total. The molecule has 0 bridgehead atoms. The maximum Gasteiger partial charge on any atom is 0.130 e. The summed E-state index contributed by atoms with van der Waals surface area (Å²) in [7, 11) is 0. The van der Waals surface area contributed by atoms with Crippen molar-refractivity contribution in [2.75, 3.05) is 4.90 Å². The Morgan fingerprint density at radius 1 is 0.316 bits per heavy atom. The van der Waals surface area contributed by atoms with E-state index in [9.17, 15) is 0 Å². The standard InChI is InChI=1S/C72H47F4NO2/c1-3-46-18-30-55(31-19-46)78-57-34-22-48(23-35-57)71(65-40-26-50(73)42-69(65)75)63-16-10-8-14-59(63)61-38-28-53(44-67(61)71)77(52-12-6-5-7-13-52)54-29-39-62-60-15-9-11-17-64(60)72(68(62)45-54,66-41-27-51(74)43-70(66)76)49-24-36-58(37-25-49)79-56-32-20-47(4-2)21-33-56/h3-45H,1-2H2. The van der Waals surface area contributed by atoms with Gasteiger partial charge in [0.15, 0.2) is 0 Å². The smallest absolute Gasteiger partial charge is 0.130 e. The molecule has 11 aromatic carbocycles. The minimum atomic E-state index is -1.29. The quantitative estimate of drug-likeness (QED) is 0.107. The van der Waals surface area contributed by atoms with Gasteiger partial charge in [-0.3, -0.25) is 0 Å². The molecule has 0 radical (unpaired) electrons. The second kappa shape index (κ2) is 19.5. The topological polar surface area (TPSA) is 21.7 Å². The van der Waals surface area contributed by atoms with Crippen molar-refractivity contribution in [3.63, 3.8) is 0 Å². The molecular weight excluding hydrogens is 987 g/mol. The van der Waals surface area contributed by atoms with Gasteiger partial charge in [-0.15, -0.1) is 0 Å². The Bertz CT molecular complexity index is 3910. The average molecular weight is 1030 g/mol. The zero-order valence-electron chi connectivity index (χ0n) is 42.5. The number of para-hydroxylation sites is 1. The van der Waals surface area contributed by atoms with Gasteiger partial charge in [0.2, 0.25) is 0 Å². The highest BCUT2D eigenvalue weighted by Crippen LogP contribution is 2.60. The number of nitrogens with zero attached hydrogens (tertiary/aromatic N) is 1. The highest BCUT2D eigenvalue weighted by Gasteiger charge is 2.50. The molecule has 0 saturated heterocycles. The molecule has 2 aliphatic carbocycles. The number of rotatable bonds is 13. The first kappa shape index (κ1) is 48.6. The highest BCUT2D eigenvalue weighted by atomic mass is 19.1. The van der Waals surface area contributed by atoms with E-state index in [2.05, 4.69) is 54.5 Å². The van der Waals surface area contributed by atoms with Crippen molar-refractivity contribution >= 4 is 29.2 Å². The minimum absolute atomic E-state index is 0.278. The lowest BCUT2D eigenvalue weighted by molar-refractivity contribution is 0.481. The number of hydrogen-bond acceptors (Lipinski definition) is 3. The van der Waals surface area contributed by atoms with Gasteiger partial charge >= 0.3 is 0 Å². The van der Waals surface area contributed by atoms with E-state index in [1.165, 1.54) is 12.1 Å². The van der Waals surface area contributed by atoms with Crippen LogP contribution in [-0.4, -0.2) is 0 Å². The van der Waals surface area contributed by atoms with Crippen LogP contribution >= 0.6 is 0 Å². The molecule has 13 rings (SSSR count). The van der Waals surface area contributed by atoms with Crippen molar-refractivity contribution in [2.24, 2.45) is 0 Å². The summed E-state index contributed by atoms with van der Waals surface area (Å²) in [5.41, 5.74) is 10.5. The molecule has 2 unspecified atom stereocenters. The molecule has 2 atom stereocenters. The van der Waals surface area contributed by atoms with E-state index in [-0.39, 0.29) is 11.1 Å². The van der Waals surface area contributed by atoms with Crippen LogP contribution in [0.5, 0.6) is 23.0 Å². The molecule has 0 amide bonds. The van der Waals surface area contributed by atoms with Crippen LogP contribution in [0.2, 0.25) is 0 Å². The third kappa shape index (κ3) is 8.04. The third-order valence-electron chi connectivity index (χ3n) is 15.5. The van der Waals surface area contributed by atoms with E-state index in [0.29, 0.717) is 23.0 Å². The SMILES string of the molecule is C=Cc1ccc(Oc2ccc(C3(c4ccc(F)cc4F)c4ccccc4-c4ccc(N(c5ccccc5)c5ccc6c(c5)C(c5ccc(Oc7ccc(C=C)cc7)cc5)(c5ccc(F)cc5F)c5ccccc5-6)cc43)cc2)cc1. The summed E-state index contributed by atoms with van der Waals surface area (Å²) < 4.78 is 77.0. The summed E-state index contributed by atoms with van der Waals surface area (Å²) in [6.07, 6.45) is 3.54. The van der Waals surface area contributed by atoms with Gasteiger partial charge in [-0.25, -0.2) is 17.6 Å². The third-order valence-corrected chi connectivity index (χ3v) is 15.5. The van der Waals surface area contributed by atoms with E-state index in [1.54, 1.807) is 24.3 Å². The lowest BCUT2D eigenvalue weighted by Crippen LogP contribution is -2.30. The number of fused-ring (bicyclic) bond motifs is 6. The predicted octanol–water partition coefficient (Wildman–Crippen LogP) is 19.3. The van der Waals surface area contributed by atoms with Crippen LogP contribution in [0, 0.1) is 23.3 Å². The summed E-state index contributed by atoms with van der Waals surface area (Å²) in [5, 5.41) is 0. The van der Waals surface area contributed by atoms with Crippen molar-refractivity contribution in [1.29, 1.82) is 0 Å². The summed E-state index contributed by atoms with van der Waals surface area (Å²) in [6.45, 7) is 7.72. The van der Waals surface area contributed by atoms with Gasteiger partial charge in [-0.2, -0.15) is 0 Å². The zero-order valence-corrected chi connectivity index (χ0v) is 42.5. The molecule has 79 heavy (non-hydrogen) atoms. The number of hydrogen-bond donors (Lipinski definition) is 0. The Balaban J connectivity index is 1.01. The molecule has 2 aliphatic rings. The van der Waals surface area contributed by atoms with E-state index in [1.807, 2.05) is 176 Å². The highest BCUT2D eigenvalue weighted by molar-refractivity contribution is 5.92. The van der Waals surface area contributed by atoms with Gasteiger partial charge in [0, 0.05) is 40.3 Å². The van der Waals surface area contributed by atoms with Crippen molar-refractivity contribution < 1.29 is 27.0 Å². The maximum atomic E-state index is 17.1. The van der Waals surface area contributed by atoms with E-state index in [4.69, 9.17) is 9.47 Å². The lowest BCUT2D eigenvalue weighted by atomic mass is 9.67. The Kier molecular flexibility index (Phi) is 12.0. The fourth-order valence-corrected chi connectivity index (χ4v) is 12.1. The molecule has 0 aromatic heterocycles. The molecule has 0 aliphatic heterocycles. The number of halogens is 4. The van der Waals surface area contributed by atoms with E-state index >= 15 is 17.6 Å². The first-order valence-electron chi connectivity index (χ1n) is 25.9. The molecule has 0 saturated carbocycles. The Hall–Kier alpha value is -9.98. The van der Waals surface area contributed by atoms with Crippen molar-refractivity contribution in [3.8, 4) is 45.3 Å². The monoisotopic (exact) mass is 1030 g/mol. The lowest BCUT2D eigenvalue weighted by Gasteiger charge is -2.36. The molecule has 380 valence electrons. The summed E-state index contributed by atoms with van der Waals surface area (Å²) in [4.78, 5) is 2.15. The van der Waals surface area contributed by atoms with Crippen LogP contribution in [0.15, 0.2) is 262 Å². The molecule has 0 fully saturated rings. The molecule has 0 spiro atoms. The average Bonchev–Trinajstić information content (AvgIpc) is 3.28. The van der Waals surface area contributed by atoms with Gasteiger partial charge in [-0.1, -0.05) is 165 Å². The summed E-state index contributed by atoms with van der Waals surface area (Å²) in [5.74, 6) is -0.321. The number of ether oxygens (including phenoxy) is 2. The van der Waals surface area contributed by atoms with Gasteiger partial charge in [0.05, 0.1) is 10.8 Å². The number of anilines is 3. The van der Waals surface area contributed by atoms with Gasteiger partial charge in [0.25, 0.3) is 0 Å². The van der Waals surface area contributed by atoms with Crippen LogP contribution in [0.25, 0.3) is 34.4 Å². The van der Waals surface area contributed by atoms with Crippen LogP contribution in [-0.2, 0) is 10.8 Å². The Labute approximate surface area is 455 Å². The van der Waals surface area contributed by atoms with Crippen LogP contribution < -0.4 is 14.4 Å². The van der Waals surface area contributed by atoms with Crippen LogP contribution in [0.3, 0.4) is 0 Å². The second-order valence-electron chi connectivity index (χ2n) is 19.8. The number of benzene rings is 11. The Morgan fingerprint density at radius 2 is 0.684 bits per heavy atom.